The van der Waals surface area contributed by atoms with Gasteiger partial charge in [0.1, 0.15) is 12.7 Å². The molecule has 0 amide bonds. The predicted molar refractivity (Wildman–Crippen MR) is 174 cm³/mol. The molecule has 0 N–H and O–H groups in total. The van der Waals surface area contributed by atoms with Gasteiger partial charge in [-0.25, -0.2) is 9.59 Å². The van der Waals surface area contributed by atoms with Crippen LogP contribution < -0.4 is 0 Å². The zero-order chi connectivity index (χ0) is 33.5. The molecule has 0 radical (unpaired) electrons. The van der Waals surface area contributed by atoms with Gasteiger partial charge in [-0.05, 0) is 79.1 Å². The fourth-order valence-electron chi connectivity index (χ4n) is 5.96. The van der Waals surface area contributed by atoms with Crippen molar-refractivity contribution in [3.63, 3.8) is 0 Å². The highest BCUT2D eigenvalue weighted by atomic mass is 79.9. The van der Waals surface area contributed by atoms with E-state index in [1.165, 1.54) is 13.8 Å². The second-order valence-electron chi connectivity index (χ2n) is 12.2. The molecular weight excluding hydrogens is 728 g/mol. The summed E-state index contributed by atoms with van der Waals surface area (Å²) in [5.74, 6) is -1.86. The lowest BCUT2D eigenvalue weighted by Gasteiger charge is -2.46. The van der Waals surface area contributed by atoms with Crippen molar-refractivity contribution in [1.29, 1.82) is 0 Å². The van der Waals surface area contributed by atoms with Gasteiger partial charge in [-0.3, -0.25) is 9.59 Å². The Morgan fingerprint density at radius 2 is 1.33 bits per heavy atom. The maximum absolute atomic E-state index is 13.4. The molecule has 1 heterocycles. The summed E-state index contributed by atoms with van der Waals surface area (Å²) in [4.78, 5) is 51.3. The van der Waals surface area contributed by atoms with E-state index < -0.39 is 54.6 Å². The molecule has 0 bridgehead atoms. The molecule has 1 saturated carbocycles. The Morgan fingerprint density at radius 3 is 1.87 bits per heavy atom. The number of benzene rings is 2. The van der Waals surface area contributed by atoms with Gasteiger partial charge < -0.3 is 28.4 Å². The van der Waals surface area contributed by atoms with Gasteiger partial charge in [0.2, 0.25) is 0 Å². The molecule has 1 aliphatic heterocycles. The van der Waals surface area contributed by atoms with Crippen LogP contribution in [0.15, 0.2) is 57.5 Å². The van der Waals surface area contributed by atoms with Crippen molar-refractivity contribution in [2.24, 2.45) is 17.8 Å². The van der Waals surface area contributed by atoms with Crippen molar-refractivity contribution >= 4 is 55.7 Å². The third kappa shape index (κ3) is 9.62. The van der Waals surface area contributed by atoms with E-state index in [0.717, 1.165) is 28.2 Å². The highest BCUT2D eigenvalue weighted by molar-refractivity contribution is 9.10. The second-order valence-corrected chi connectivity index (χ2v) is 14.0. The molecule has 1 aliphatic carbocycles. The summed E-state index contributed by atoms with van der Waals surface area (Å²) < 4.78 is 37.5. The van der Waals surface area contributed by atoms with Crippen molar-refractivity contribution in [2.45, 2.75) is 90.7 Å². The van der Waals surface area contributed by atoms with Crippen LogP contribution in [0.5, 0.6) is 0 Å². The molecule has 2 aromatic rings. The van der Waals surface area contributed by atoms with E-state index in [1.54, 1.807) is 48.5 Å². The SMILES string of the molecule is CC(=O)O[C@@H]1[C@H](OC(C)=O)[C@@H](O[C@@H]2C[C@H](C)CC[C@H]2C(C)C)O[C@H](COC(=O)c2ccc(Br)cc2)[C@H]1OC(=O)c1ccc(Br)cc1. The minimum absolute atomic E-state index is 0.201. The van der Waals surface area contributed by atoms with Crippen molar-refractivity contribution in [2.75, 3.05) is 6.61 Å². The molecule has 10 nitrogen and oxygen atoms in total. The third-order valence-corrected chi connectivity index (χ3v) is 9.30. The summed E-state index contributed by atoms with van der Waals surface area (Å²) in [5, 5.41) is 0. The summed E-state index contributed by atoms with van der Waals surface area (Å²) in [5.41, 5.74) is 0.509. The Morgan fingerprint density at radius 1 is 0.783 bits per heavy atom. The largest absolute Gasteiger partial charge is 0.459 e. The summed E-state index contributed by atoms with van der Waals surface area (Å²) in [6.07, 6.45) is -3.84. The zero-order valence-electron chi connectivity index (χ0n) is 26.5. The number of hydrogen-bond acceptors (Lipinski definition) is 10. The third-order valence-electron chi connectivity index (χ3n) is 8.25. The lowest BCUT2D eigenvalue weighted by molar-refractivity contribution is -0.321. The van der Waals surface area contributed by atoms with Gasteiger partial charge in [0.05, 0.1) is 17.2 Å². The van der Waals surface area contributed by atoms with E-state index in [-0.39, 0.29) is 24.2 Å². The summed E-state index contributed by atoms with van der Waals surface area (Å²) in [6.45, 7) is 8.45. The summed E-state index contributed by atoms with van der Waals surface area (Å²) in [6, 6.07) is 13.1. The lowest BCUT2D eigenvalue weighted by Crippen LogP contribution is -2.63. The topological polar surface area (TPSA) is 124 Å². The number of hydrogen-bond donors (Lipinski definition) is 0. The minimum Gasteiger partial charge on any atom is -0.459 e. The number of rotatable bonds is 10. The van der Waals surface area contributed by atoms with E-state index in [0.29, 0.717) is 17.4 Å². The van der Waals surface area contributed by atoms with Gasteiger partial charge in [0.25, 0.3) is 0 Å². The fourth-order valence-corrected chi connectivity index (χ4v) is 6.48. The highest BCUT2D eigenvalue weighted by Gasteiger charge is 2.54. The minimum atomic E-state index is -1.34. The predicted octanol–water partition coefficient (Wildman–Crippen LogP) is 6.66. The molecule has 0 unspecified atom stereocenters. The Balaban J connectivity index is 1.70. The van der Waals surface area contributed by atoms with Crippen LogP contribution >= 0.6 is 31.9 Å². The van der Waals surface area contributed by atoms with Crippen LogP contribution in [-0.4, -0.2) is 67.3 Å². The Labute approximate surface area is 286 Å². The van der Waals surface area contributed by atoms with Crippen molar-refractivity contribution in [3.8, 4) is 0 Å². The first kappa shape index (κ1) is 36.0. The second kappa shape index (κ2) is 16.3. The first-order valence-electron chi connectivity index (χ1n) is 15.4. The Hall–Kier alpha value is -2.80. The summed E-state index contributed by atoms with van der Waals surface area (Å²) in [7, 11) is 0. The molecule has 250 valence electrons. The van der Waals surface area contributed by atoms with Crippen molar-refractivity contribution < 1.29 is 47.6 Å². The molecule has 0 aromatic heterocycles. The molecule has 8 atom stereocenters. The van der Waals surface area contributed by atoms with Gasteiger partial charge in [0.15, 0.2) is 24.6 Å². The Kier molecular flexibility index (Phi) is 12.8. The van der Waals surface area contributed by atoms with Crippen LogP contribution in [0.1, 0.15) is 74.6 Å². The van der Waals surface area contributed by atoms with Crippen molar-refractivity contribution in [1.82, 2.24) is 0 Å². The molecule has 2 fully saturated rings. The smallest absolute Gasteiger partial charge is 0.338 e. The van der Waals surface area contributed by atoms with Gasteiger partial charge in [-0.2, -0.15) is 0 Å². The number of carbonyl (C=O) groups is 4. The molecule has 2 aliphatic rings. The quantitative estimate of drug-likeness (QED) is 0.192. The zero-order valence-corrected chi connectivity index (χ0v) is 29.7. The van der Waals surface area contributed by atoms with Gasteiger partial charge in [0, 0.05) is 22.8 Å². The number of halogens is 2. The molecule has 12 heteroatoms. The van der Waals surface area contributed by atoms with E-state index in [1.807, 2.05) is 0 Å². The standard InChI is InChI=1S/C34H40Br2O10/c1-18(2)26-15-6-19(3)16-27(26)44-34-31(43-21(5)38)30(42-20(4)37)29(46-33(40)23-9-13-25(36)14-10-23)28(45-34)17-41-32(39)22-7-11-24(35)12-8-22/h7-14,18-19,26-31,34H,6,15-17H2,1-5H3/t19-,26+,27-,28-,29-,30+,31+,34+/m1/s1. The number of esters is 4. The van der Waals surface area contributed by atoms with E-state index in [2.05, 4.69) is 52.6 Å². The number of ether oxygens (including phenoxy) is 6. The molecule has 0 spiro atoms. The van der Waals surface area contributed by atoms with E-state index >= 15 is 0 Å². The molecule has 46 heavy (non-hydrogen) atoms. The maximum Gasteiger partial charge on any atom is 0.338 e. The normalized spacial score (nSPS) is 27.8. The van der Waals surface area contributed by atoms with Crippen LogP contribution in [0.2, 0.25) is 0 Å². The first-order chi connectivity index (χ1) is 21.8. The van der Waals surface area contributed by atoms with E-state index in [4.69, 9.17) is 28.4 Å². The van der Waals surface area contributed by atoms with Gasteiger partial charge in [-0.1, -0.05) is 59.1 Å². The van der Waals surface area contributed by atoms with Crippen LogP contribution in [0.25, 0.3) is 0 Å². The highest BCUT2D eigenvalue weighted by Crippen LogP contribution is 2.39. The van der Waals surface area contributed by atoms with Gasteiger partial charge in [-0.15, -0.1) is 0 Å². The van der Waals surface area contributed by atoms with Crippen LogP contribution in [0.4, 0.5) is 0 Å². The van der Waals surface area contributed by atoms with E-state index in [9.17, 15) is 19.2 Å². The maximum atomic E-state index is 13.4. The fraction of sp³-hybridized carbons (Fsp3) is 0.529. The van der Waals surface area contributed by atoms with Crippen LogP contribution in [-0.2, 0) is 38.0 Å². The van der Waals surface area contributed by atoms with Gasteiger partial charge >= 0.3 is 23.9 Å². The first-order valence-corrected chi connectivity index (χ1v) is 17.0. The van der Waals surface area contributed by atoms with Crippen molar-refractivity contribution in [3.05, 3.63) is 68.6 Å². The molecule has 2 aromatic carbocycles. The van der Waals surface area contributed by atoms with Crippen LogP contribution in [0.3, 0.4) is 0 Å². The molecule has 4 rings (SSSR count). The summed E-state index contributed by atoms with van der Waals surface area (Å²) >= 11 is 6.70. The molecule has 1 saturated heterocycles. The number of carbonyl (C=O) groups excluding carboxylic acids is 4. The monoisotopic (exact) mass is 766 g/mol. The average Bonchev–Trinajstić information content (AvgIpc) is 2.99. The lowest BCUT2D eigenvalue weighted by atomic mass is 9.75. The van der Waals surface area contributed by atoms with Crippen LogP contribution in [0, 0.1) is 17.8 Å². The molecular formula is C34H40Br2O10. The Bertz CT molecular complexity index is 1360. The average molecular weight is 768 g/mol.